The van der Waals surface area contributed by atoms with Gasteiger partial charge in [0, 0.05) is 22.2 Å². The fraction of sp³-hybridized carbons (Fsp3) is 0.105. The molecule has 0 aliphatic heterocycles. The summed E-state index contributed by atoms with van der Waals surface area (Å²) in [4.78, 5) is 9.71. The first-order valence-electron chi connectivity index (χ1n) is 7.74. The van der Waals surface area contributed by atoms with Crippen LogP contribution in [0.15, 0.2) is 76.8 Å². The van der Waals surface area contributed by atoms with Crippen LogP contribution in [-0.2, 0) is 0 Å². The third kappa shape index (κ3) is 4.13. The van der Waals surface area contributed by atoms with Crippen molar-refractivity contribution < 1.29 is 0 Å². The summed E-state index contributed by atoms with van der Waals surface area (Å²) in [6.45, 7) is 6.21. The van der Waals surface area contributed by atoms with Gasteiger partial charge in [-0.25, -0.2) is 4.68 Å². The molecule has 0 radical (unpaired) electrons. The van der Waals surface area contributed by atoms with Gasteiger partial charge in [-0.05, 0) is 31.2 Å². The molecule has 0 aliphatic rings. The molecule has 0 fully saturated rings. The van der Waals surface area contributed by atoms with Crippen molar-refractivity contribution in [3.63, 3.8) is 0 Å². The second-order valence-corrected chi connectivity index (χ2v) is 6.52. The number of pyridine rings is 1. The van der Waals surface area contributed by atoms with Crippen LogP contribution in [0.2, 0.25) is 5.02 Å². The maximum Gasteiger partial charge on any atom is 0.206 e. The summed E-state index contributed by atoms with van der Waals surface area (Å²) in [6, 6.07) is 13.5. The predicted molar refractivity (Wildman–Crippen MR) is 105 cm³/mol. The van der Waals surface area contributed by atoms with Crippen molar-refractivity contribution in [1.29, 1.82) is 0 Å². The van der Waals surface area contributed by atoms with Crippen LogP contribution in [0.3, 0.4) is 0 Å². The van der Waals surface area contributed by atoms with E-state index in [2.05, 4.69) is 16.6 Å². The number of hydrogen-bond donors (Lipinski definition) is 0. The lowest BCUT2D eigenvalue weighted by molar-refractivity contribution is 0.833. The smallest absolute Gasteiger partial charge is 0.206 e. The van der Waals surface area contributed by atoms with Gasteiger partial charge < -0.3 is 0 Å². The Morgan fingerprint density at radius 2 is 2.08 bits per heavy atom. The number of benzene rings is 1. The SMILES string of the molecule is C=CCN=c1scc(-c2ccc(Cl)cc2)n1N=C(C)c1ccccn1. The Bertz CT molecular complexity index is 953. The number of nitrogens with zero attached hydrogens (tertiary/aromatic N) is 4. The molecular weight excluding hydrogens is 352 g/mol. The van der Waals surface area contributed by atoms with Crippen LogP contribution < -0.4 is 4.80 Å². The van der Waals surface area contributed by atoms with Gasteiger partial charge in [-0.3, -0.25) is 9.98 Å². The highest BCUT2D eigenvalue weighted by atomic mass is 35.5. The van der Waals surface area contributed by atoms with Gasteiger partial charge in [0.25, 0.3) is 0 Å². The first-order valence-corrected chi connectivity index (χ1v) is 8.99. The van der Waals surface area contributed by atoms with Crippen molar-refractivity contribution >= 4 is 28.6 Å². The quantitative estimate of drug-likeness (QED) is 0.478. The average Bonchev–Trinajstić information content (AvgIpc) is 3.04. The number of thiazole rings is 1. The van der Waals surface area contributed by atoms with Crippen molar-refractivity contribution in [3.8, 4) is 11.3 Å². The fourth-order valence-electron chi connectivity index (χ4n) is 2.24. The summed E-state index contributed by atoms with van der Waals surface area (Å²) in [7, 11) is 0. The molecule has 0 spiro atoms. The van der Waals surface area contributed by atoms with E-state index < -0.39 is 0 Å². The van der Waals surface area contributed by atoms with E-state index in [1.807, 2.05) is 59.4 Å². The second-order valence-electron chi connectivity index (χ2n) is 5.25. The van der Waals surface area contributed by atoms with Crippen LogP contribution in [0.25, 0.3) is 11.3 Å². The standard InChI is InChI=1S/C19H17ClN4S/c1-3-11-22-19-24(23-14(2)17-6-4-5-12-21-17)18(13-25-19)15-7-9-16(20)10-8-15/h3-10,12-13H,1,11H2,2H3. The lowest BCUT2D eigenvalue weighted by atomic mass is 10.2. The zero-order chi connectivity index (χ0) is 17.6. The van der Waals surface area contributed by atoms with Crippen LogP contribution >= 0.6 is 22.9 Å². The van der Waals surface area contributed by atoms with E-state index in [0.29, 0.717) is 11.6 Å². The van der Waals surface area contributed by atoms with E-state index in [1.165, 1.54) is 0 Å². The molecule has 0 N–H and O–H groups in total. The van der Waals surface area contributed by atoms with Crippen molar-refractivity contribution in [2.75, 3.05) is 6.54 Å². The maximum atomic E-state index is 6.01. The van der Waals surface area contributed by atoms with E-state index in [0.717, 1.165) is 27.5 Å². The van der Waals surface area contributed by atoms with Crippen molar-refractivity contribution in [1.82, 2.24) is 9.66 Å². The van der Waals surface area contributed by atoms with E-state index in [1.54, 1.807) is 23.6 Å². The summed E-state index contributed by atoms with van der Waals surface area (Å²) >= 11 is 7.55. The molecule has 0 aliphatic carbocycles. The minimum Gasteiger partial charge on any atom is -0.255 e. The molecule has 126 valence electrons. The normalized spacial score (nSPS) is 12.4. The average molecular weight is 369 g/mol. The molecule has 3 rings (SSSR count). The third-order valence-electron chi connectivity index (χ3n) is 3.47. The van der Waals surface area contributed by atoms with Crippen molar-refractivity contribution in [3.05, 3.63) is 82.2 Å². The highest BCUT2D eigenvalue weighted by Crippen LogP contribution is 2.22. The van der Waals surface area contributed by atoms with Gasteiger partial charge in [0.2, 0.25) is 4.80 Å². The van der Waals surface area contributed by atoms with Crippen LogP contribution in [0, 0.1) is 0 Å². The van der Waals surface area contributed by atoms with Crippen LogP contribution in [0.1, 0.15) is 12.6 Å². The van der Waals surface area contributed by atoms with Crippen molar-refractivity contribution in [2.24, 2.45) is 10.1 Å². The Morgan fingerprint density at radius 3 is 2.76 bits per heavy atom. The van der Waals surface area contributed by atoms with E-state index in [-0.39, 0.29) is 0 Å². The van der Waals surface area contributed by atoms with Gasteiger partial charge in [0.1, 0.15) is 0 Å². The number of aromatic nitrogens is 2. The lowest BCUT2D eigenvalue weighted by Gasteiger charge is -2.06. The maximum absolute atomic E-state index is 6.01. The first kappa shape index (κ1) is 17.3. The molecule has 6 heteroatoms. The van der Waals surface area contributed by atoms with Crippen LogP contribution in [-0.4, -0.2) is 21.9 Å². The molecule has 25 heavy (non-hydrogen) atoms. The molecular formula is C19H17ClN4S. The highest BCUT2D eigenvalue weighted by Gasteiger charge is 2.09. The molecule has 0 bridgehead atoms. The molecule has 1 aromatic carbocycles. The monoisotopic (exact) mass is 368 g/mol. The first-order chi connectivity index (χ1) is 12.2. The number of halogens is 1. The zero-order valence-electron chi connectivity index (χ0n) is 13.8. The lowest BCUT2D eigenvalue weighted by Crippen LogP contribution is -2.15. The molecule has 4 nitrogen and oxygen atoms in total. The zero-order valence-corrected chi connectivity index (χ0v) is 15.3. The largest absolute Gasteiger partial charge is 0.255 e. The number of rotatable bonds is 5. The highest BCUT2D eigenvalue weighted by molar-refractivity contribution is 7.07. The Hall–Kier alpha value is -2.50. The van der Waals surface area contributed by atoms with Crippen molar-refractivity contribution in [2.45, 2.75) is 6.92 Å². The molecule has 0 atom stereocenters. The van der Waals surface area contributed by atoms with E-state index >= 15 is 0 Å². The predicted octanol–water partition coefficient (Wildman–Crippen LogP) is 4.62. The fourth-order valence-corrected chi connectivity index (χ4v) is 3.21. The third-order valence-corrected chi connectivity index (χ3v) is 4.57. The molecule has 3 aromatic rings. The van der Waals surface area contributed by atoms with Gasteiger partial charge in [-0.2, -0.15) is 5.10 Å². The minimum absolute atomic E-state index is 0.540. The molecule has 0 unspecified atom stereocenters. The van der Waals surface area contributed by atoms with Crippen LogP contribution in [0.5, 0.6) is 0 Å². The Labute approximate surface area is 155 Å². The summed E-state index contributed by atoms with van der Waals surface area (Å²) in [5.41, 5.74) is 3.63. The van der Waals surface area contributed by atoms with E-state index in [4.69, 9.17) is 16.7 Å². The van der Waals surface area contributed by atoms with Gasteiger partial charge in [0.05, 0.1) is 23.6 Å². The summed E-state index contributed by atoms with van der Waals surface area (Å²) in [6.07, 6.45) is 3.52. The Morgan fingerprint density at radius 1 is 1.28 bits per heavy atom. The summed E-state index contributed by atoms with van der Waals surface area (Å²) in [5, 5.41) is 7.51. The van der Waals surface area contributed by atoms with E-state index in [9.17, 15) is 0 Å². The Balaban J connectivity index is 2.13. The molecule has 0 amide bonds. The Kier molecular flexibility index (Phi) is 5.58. The molecule has 0 saturated carbocycles. The molecule has 2 aromatic heterocycles. The topological polar surface area (TPSA) is 42.5 Å². The van der Waals surface area contributed by atoms with Gasteiger partial charge in [-0.1, -0.05) is 35.9 Å². The van der Waals surface area contributed by atoms with Crippen LogP contribution in [0.4, 0.5) is 0 Å². The molecule has 2 heterocycles. The summed E-state index contributed by atoms with van der Waals surface area (Å²) in [5.74, 6) is 0. The summed E-state index contributed by atoms with van der Waals surface area (Å²) < 4.78 is 1.85. The second kappa shape index (κ2) is 8.05. The molecule has 0 saturated heterocycles. The number of hydrogen-bond acceptors (Lipinski definition) is 4. The van der Waals surface area contributed by atoms with Gasteiger partial charge >= 0.3 is 0 Å². The minimum atomic E-state index is 0.540. The van der Waals surface area contributed by atoms with Gasteiger partial charge in [-0.15, -0.1) is 17.9 Å². The van der Waals surface area contributed by atoms with Gasteiger partial charge in [0.15, 0.2) is 0 Å².